The zero-order valence-electron chi connectivity index (χ0n) is 13.9. The van der Waals surface area contributed by atoms with Crippen LogP contribution in [-0.4, -0.2) is 53.6 Å². The maximum absolute atomic E-state index is 13.0. The second-order valence-corrected chi connectivity index (χ2v) is 7.13. The Morgan fingerprint density at radius 1 is 1.12 bits per heavy atom. The van der Waals surface area contributed by atoms with Crippen molar-refractivity contribution in [1.29, 1.82) is 0 Å². The smallest absolute Gasteiger partial charge is 0.328 e. The van der Waals surface area contributed by atoms with E-state index in [0.717, 1.165) is 12.8 Å². The zero-order valence-corrected chi connectivity index (χ0v) is 13.9. The number of aliphatic hydroxyl groups is 1. The summed E-state index contributed by atoms with van der Waals surface area (Å²) in [4.78, 5) is 39.8. The second kappa shape index (κ2) is 6.15. The van der Waals surface area contributed by atoms with Gasteiger partial charge in [0.15, 0.2) is 0 Å². The summed E-state index contributed by atoms with van der Waals surface area (Å²) in [6.07, 6.45) is 1.49. The molecule has 0 spiro atoms. The number of nitrogens with zero attached hydrogens (tertiary/aromatic N) is 2. The van der Waals surface area contributed by atoms with Crippen LogP contribution >= 0.6 is 0 Å². The monoisotopic (exact) mass is 343 g/mol. The molecule has 2 N–H and O–H groups in total. The molecule has 0 radical (unpaired) electrons. The summed E-state index contributed by atoms with van der Waals surface area (Å²) in [5, 5.41) is 12.1. The van der Waals surface area contributed by atoms with E-state index in [0.29, 0.717) is 36.2 Å². The fourth-order valence-corrected chi connectivity index (χ4v) is 4.29. The molecule has 0 bridgehead atoms. The predicted molar refractivity (Wildman–Crippen MR) is 90.1 cm³/mol. The number of aliphatic hydroxyl groups excluding tert-OH is 1. The first-order valence-electron chi connectivity index (χ1n) is 8.70. The number of nitrogens with one attached hydrogen (secondary N) is 1. The Labute approximate surface area is 145 Å². The van der Waals surface area contributed by atoms with Crippen LogP contribution in [-0.2, 0) is 4.79 Å². The minimum Gasteiger partial charge on any atom is -0.393 e. The summed E-state index contributed by atoms with van der Waals surface area (Å²) >= 11 is 0. The number of hydrogen-bond acceptors (Lipinski definition) is 4. The van der Waals surface area contributed by atoms with Crippen LogP contribution in [0.2, 0.25) is 0 Å². The van der Waals surface area contributed by atoms with Gasteiger partial charge in [-0.05, 0) is 36.8 Å². The van der Waals surface area contributed by atoms with Crippen LogP contribution in [0.4, 0.5) is 10.5 Å². The molecule has 7 heteroatoms. The van der Waals surface area contributed by atoms with Gasteiger partial charge in [-0.3, -0.25) is 19.8 Å². The van der Waals surface area contributed by atoms with E-state index in [-0.39, 0.29) is 30.9 Å². The molecule has 132 valence electrons. The molecule has 2 heterocycles. The highest BCUT2D eigenvalue weighted by atomic mass is 16.3. The number of likely N-dealkylation sites (tertiary alicyclic amines) is 1. The topological polar surface area (TPSA) is 90.0 Å². The third kappa shape index (κ3) is 2.89. The van der Waals surface area contributed by atoms with Crippen molar-refractivity contribution in [2.75, 3.05) is 24.5 Å². The van der Waals surface area contributed by atoms with Crippen LogP contribution in [0.15, 0.2) is 24.3 Å². The molecule has 3 fully saturated rings. The van der Waals surface area contributed by atoms with Crippen LogP contribution in [0, 0.1) is 11.8 Å². The highest BCUT2D eigenvalue weighted by molar-refractivity contribution is 6.09. The Bertz CT molecular complexity index is 721. The van der Waals surface area contributed by atoms with Gasteiger partial charge in [-0.25, -0.2) is 4.79 Å². The van der Waals surface area contributed by atoms with Crippen LogP contribution in [0.5, 0.6) is 0 Å². The molecule has 3 atom stereocenters. The molecular weight excluding hydrogens is 322 g/mol. The molecule has 4 amide bonds. The summed E-state index contributed by atoms with van der Waals surface area (Å²) < 4.78 is 0. The van der Waals surface area contributed by atoms with Crippen molar-refractivity contribution >= 4 is 23.5 Å². The fourth-order valence-electron chi connectivity index (χ4n) is 4.29. The molecule has 7 nitrogen and oxygen atoms in total. The van der Waals surface area contributed by atoms with Crippen molar-refractivity contribution in [1.82, 2.24) is 10.2 Å². The van der Waals surface area contributed by atoms with Crippen LogP contribution < -0.4 is 10.2 Å². The van der Waals surface area contributed by atoms with Gasteiger partial charge in [-0.2, -0.15) is 0 Å². The minimum atomic E-state index is -0.488. The number of benzene rings is 1. The van der Waals surface area contributed by atoms with Gasteiger partial charge in [0.05, 0.1) is 17.4 Å². The molecule has 1 aromatic carbocycles. The average Bonchev–Trinajstić information content (AvgIpc) is 3.11. The fraction of sp³-hybridized carbons (Fsp3) is 0.500. The van der Waals surface area contributed by atoms with Gasteiger partial charge in [-0.1, -0.05) is 12.1 Å². The largest absolute Gasteiger partial charge is 0.393 e. The third-order valence-corrected chi connectivity index (χ3v) is 5.49. The molecule has 1 saturated carbocycles. The first-order valence-corrected chi connectivity index (χ1v) is 8.70. The van der Waals surface area contributed by atoms with E-state index >= 15 is 0 Å². The molecule has 1 unspecified atom stereocenters. The number of rotatable bonds is 2. The summed E-state index contributed by atoms with van der Waals surface area (Å²) in [5.74, 6) is 0.337. The summed E-state index contributed by atoms with van der Waals surface area (Å²) in [6, 6.07) is 6.54. The molecule has 25 heavy (non-hydrogen) atoms. The number of fused-ring (bicyclic) bond motifs is 1. The Kier molecular flexibility index (Phi) is 3.95. The lowest BCUT2D eigenvalue weighted by Gasteiger charge is -2.29. The highest BCUT2D eigenvalue weighted by Gasteiger charge is 2.42. The quantitative estimate of drug-likeness (QED) is 0.837. The maximum atomic E-state index is 13.0. The first kappa shape index (κ1) is 16.1. The Hall–Kier alpha value is -2.41. The van der Waals surface area contributed by atoms with E-state index in [1.54, 1.807) is 24.3 Å². The van der Waals surface area contributed by atoms with Crippen molar-refractivity contribution in [3.63, 3.8) is 0 Å². The summed E-state index contributed by atoms with van der Waals surface area (Å²) in [6.45, 7) is 1.57. The number of hydrogen-bond donors (Lipinski definition) is 2. The van der Waals surface area contributed by atoms with Crippen molar-refractivity contribution in [3.8, 4) is 0 Å². The normalized spacial score (nSPS) is 28.9. The summed E-state index contributed by atoms with van der Waals surface area (Å²) in [5.41, 5.74) is 1.02. The van der Waals surface area contributed by atoms with Crippen molar-refractivity contribution in [2.24, 2.45) is 11.8 Å². The standard InChI is InChI=1S/C18H21N3O4/c22-13-7-11-9-20(10-12(11)8-13)17(24)14-3-1-2-4-15(14)21-6-5-16(23)19-18(21)25/h1-4,11-13,22H,5-10H2,(H,19,23,25)/t11-,12+,13?. The molecule has 1 aliphatic carbocycles. The lowest BCUT2D eigenvalue weighted by atomic mass is 10.0. The van der Waals surface area contributed by atoms with E-state index in [1.165, 1.54) is 4.90 Å². The first-order chi connectivity index (χ1) is 12.0. The van der Waals surface area contributed by atoms with Crippen molar-refractivity contribution in [2.45, 2.75) is 25.4 Å². The molecule has 2 aliphatic heterocycles. The predicted octanol–water partition coefficient (Wildman–Crippen LogP) is 0.976. The molecule has 0 aromatic heterocycles. The van der Waals surface area contributed by atoms with Gasteiger partial charge in [0.25, 0.3) is 5.91 Å². The van der Waals surface area contributed by atoms with E-state index in [4.69, 9.17) is 0 Å². The van der Waals surface area contributed by atoms with Gasteiger partial charge in [0.2, 0.25) is 5.91 Å². The number of urea groups is 1. The maximum Gasteiger partial charge on any atom is 0.328 e. The van der Waals surface area contributed by atoms with Crippen molar-refractivity contribution < 1.29 is 19.5 Å². The van der Waals surface area contributed by atoms with Gasteiger partial charge in [-0.15, -0.1) is 0 Å². The van der Waals surface area contributed by atoms with E-state index < -0.39 is 6.03 Å². The van der Waals surface area contributed by atoms with Crippen molar-refractivity contribution in [3.05, 3.63) is 29.8 Å². The van der Waals surface area contributed by atoms with Gasteiger partial charge < -0.3 is 10.0 Å². The number of para-hydroxylation sites is 1. The SMILES string of the molecule is O=C1CCN(c2ccccc2C(=O)N2C[C@H]3CC(O)C[C@H]3C2)C(=O)N1. The Morgan fingerprint density at radius 3 is 2.48 bits per heavy atom. The summed E-state index contributed by atoms with van der Waals surface area (Å²) in [7, 11) is 0. The molecule has 4 rings (SSSR count). The van der Waals surface area contributed by atoms with Crippen LogP contribution in [0.3, 0.4) is 0 Å². The number of carbonyl (C=O) groups excluding carboxylic acids is 3. The minimum absolute atomic E-state index is 0.0933. The number of carbonyl (C=O) groups is 3. The Morgan fingerprint density at radius 2 is 1.80 bits per heavy atom. The zero-order chi connectivity index (χ0) is 17.6. The lowest BCUT2D eigenvalue weighted by Crippen LogP contribution is -2.50. The van der Waals surface area contributed by atoms with Gasteiger partial charge in [0.1, 0.15) is 0 Å². The van der Waals surface area contributed by atoms with Crippen LogP contribution in [0.1, 0.15) is 29.6 Å². The average molecular weight is 343 g/mol. The van der Waals surface area contributed by atoms with E-state index in [9.17, 15) is 19.5 Å². The molecule has 3 aliphatic rings. The second-order valence-electron chi connectivity index (χ2n) is 7.13. The molecular formula is C18H21N3O4. The van der Waals surface area contributed by atoms with E-state index in [1.807, 2.05) is 4.90 Å². The van der Waals surface area contributed by atoms with E-state index in [2.05, 4.69) is 5.32 Å². The number of anilines is 1. The highest BCUT2D eigenvalue weighted by Crippen LogP contribution is 2.39. The number of amides is 4. The number of imide groups is 1. The van der Waals surface area contributed by atoms with Gasteiger partial charge in [0, 0.05) is 26.1 Å². The van der Waals surface area contributed by atoms with Gasteiger partial charge >= 0.3 is 6.03 Å². The lowest BCUT2D eigenvalue weighted by molar-refractivity contribution is -0.120. The third-order valence-electron chi connectivity index (χ3n) is 5.49. The van der Waals surface area contributed by atoms with Crippen LogP contribution in [0.25, 0.3) is 0 Å². The molecule has 1 aromatic rings. The Balaban J connectivity index is 1.56. The molecule has 2 saturated heterocycles.